The Morgan fingerprint density at radius 3 is 2.75 bits per heavy atom. The van der Waals surface area contributed by atoms with E-state index in [9.17, 15) is 14.7 Å². The molecule has 0 saturated heterocycles. The standard InChI is InChI=1S/C18H19N3O3/c1-11(13-3-2-4-15(22)9-13)20-18(24)14-7-8-19-16(10-14)21-17(23)12-5-6-12/h2-4,7-12,22H,5-6H2,1H3,(H,20,24)(H,19,21,23). The van der Waals surface area contributed by atoms with E-state index in [0.717, 1.165) is 18.4 Å². The maximum absolute atomic E-state index is 12.4. The zero-order valence-corrected chi connectivity index (χ0v) is 13.3. The van der Waals surface area contributed by atoms with Gasteiger partial charge in [-0.25, -0.2) is 4.98 Å². The first-order valence-corrected chi connectivity index (χ1v) is 7.89. The maximum Gasteiger partial charge on any atom is 0.251 e. The van der Waals surface area contributed by atoms with Crippen LogP contribution in [-0.4, -0.2) is 21.9 Å². The van der Waals surface area contributed by atoms with Crippen LogP contribution in [0.2, 0.25) is 0 Å². The lowest BCUT2D eigenvalue weighted by Crippen LogP contribution is -2.27. The van der Waals surface area contributed by atoms with Gasteiger partial charge in [0.2, 0.25) is 5.91 Å². The summed E-state index contributed by atoms with van der Waals surface area (Å²) in [5.41, 5.74) is 1.22. The summed E-state index contributed by atoms with van der Waals surface area (Å²) in [6.07, 6.45) is 3.32. The number of aromatic nitrogens is 1. The zero-order valence-electron chi connectivity index (χ0n) is 13.3. The number of hydrogen-bond acceptors (Lipinski definition) is 4. The highest BCUT2D eigenvalue weighted by atomic mass is 16.3. The fourth-order valence-corrected chi connectivity index (χ4v) is 2.37. The molecule has 1 aliphatic carbocycles. The number of anilines is 1. The lowest BCUT2D eigenvalue weighted by Gasteiger charge is -2.15. The minimum atomic E-state index is -0.268. The molecule has 0 spiro atoms. The van der Waals surface area contributed by atoms with Crippen molar-refractivity contribution in [2.24, 2.45) is 5.92 Å². The minimum Gasteiger partial charge on any atom is -0.508 e. The molecular formula is C18H19N3O3. The molecule has 1 fully saturated rings. The van der Waals surface area contributed by atoms with E-state index < -0.39 is 0 Å². The fraction of sp³-hybridized carbons (Fsp3) is 0.278. The predicted molar refractivity (Wildman–Crippen MR) is 89.6 cm³/mol. The van der Waals surface area contributed by atoms with Gasteiger partial charge in [-0.2, -0.15) is 0 Å². The lowest BCUT2D eigenvalue weighted by molar-refractivity contribution is -0.117. The molecule has 1 atom stereocenters. The topological polar surface area (TPSA) is 91.3 Å². The number of pyridine rings is 1. The van der Waals surface area contributed by atoms with Crippen LogP contribution in [0.15, 0.2) is 42.6 Å². The Bertz CT molecular complexity index is 772. The molecule has 6 heteroatoms. The van der Waals surface area contributed by atoms with Gasteiger partial charge in [0.15, 0.2) is 0 Å². The number of nitrogens with one attached hydrogen (secondary N) is 2. The largest absolute Gasteiger partial charge is 0.508 e. The number of nitrogens with zero attached hydrogens (tertiary/aromatic N) is 1. The number of phenolic OH excluding ortho intramolecular Hbond substituents is 1. The van der Waals surface area contributed by atoms with Gasteiger partial charge >= 0.3 is 0 Å². The van der Waals surface area contributed by atoms with Crippen molar-refractivity contribution in [2.75, 3.05) is 5.32 Å². The molecule has 3 N–H and O–H groups in total. The third-order valence-electron chi connectivity index (χ3n) is 3.94. The van der Waals surface area contributed by atoms with E-state index in [4.69, 9.17) is 0 Å². The Hall–Kier alpha value is -2.89. The van der Waals surface area contributed by atoms with Gasteiger partial charge in [-0.3, -0.25) is 9.59 Å². The molecule has 124 valence electrons. The summed E-state index contributed by atoms with van der Waals surface area (Å²) >= 11 is 0. The Labute approximate surface area is 139 Å². The van der Waals surface area contributed by atoms with Gasteiger partial charge in [0.1, 0.15) is 11.6 Å². The van der Waals surface area contributed by atoms with E-state index in [0.29, 0.717) is 11.4 Å². The van der Waals surface area contributed by atoms with Gasteiger partial charge in [0.25, 0.3) is 5.91 Å². The van der Waals surface area contributed by atoms with E-state index in [1.165, 1.54) is 6.20 Å². The first kappa shape index (κ1) is 16.0. The molecule has 1 aliphatic rings. The van der Waals surface area contributed by atoms with Crippen LogP contribution in [0.5, 0.6) is 5.75 Å². The average Bonchev–Trinajstić information content (AvgIpc) is 3.40. The Balaban J connectivity index is 1.67. The van der Waals surface area contributed by atoms with Gasteiger partial charge in [-0.1, -0.05) is 12.1 Å². The Morgan fingerprint density at radius 2 is 2.04 bits per heavy atom. The molecule has 1 aromatic heterocycles. The molecule has 1 saturated carbocycles. The average molecular weight is 325 g/mol. The van der Waals surface area contributed by atoms with Crippen molar-refractivity contribution in [3.05, 3.63) is 53.7 Å². The first-order chi connectivity index (χ1) is 11.5. The molecular weight excluding hydrogens is 306 g/mol. The number of carbonyl (C=O) groups is 2. The smallest absolute Gasteiger partial charge is 0.251 e. The quantitative estimate of drug-likeness (QED) is 0.788. The summed E-state index contributed by atoms with van der Waals surface area (Å²) in [5, 5.41) is 15.1. The monoisotopic (exact) mass is 325 g/mol. The molecule has 1 heterocycles. The molecule has 0 radical (unpaired) electrons. The number of phenols is 1. The van der Waals surface area contributed by atoms with Crippen molar-refractivity contribution in [3.8, 4) is 5.75 Å². The SMILES string of the molecule is CC(NC(=O)c1ccnc(NC(=O)C2CC2)c1)c1cccc(O)c1. The van der Waals surface area contributed by atoms with E-state index in [-0.39, 0.29) is 29.5 Å². The molecule has 3 rings (SSSR count). The summed E-state index contributed by atoms with van der Waals surface area (Å²) in [7, 11) is 0. The number of hydrogen-bond donors (Lipinski definition) is 3. The second-order valence-electron chi connectivity index (χ2n) is 5.98. The van der Waals surface area contributed by atoms with Gasteiger partial charge in [0.05, 0.1) is 6.04 Å². The van der Waals surface area contributed by atoms with Crippen molar-refractivity contribution in [1.29, 1.82) is 0 Å². The minimum absolute atomic E-state index is 0.0480. The molecule has 6 nitrogen and oxygen atoms in total. The molecule has 2 aromatic rings. The number of rotatable bonds is 5. The number of benzene rings is 1. The van der Waals surface area contributed by atoms with Gasteiger partial charge in [-0.05, 0) is 49.6 Å². The highest BCUT2D eigenvalue weighted by Crippen LogP contribution is 2.30. The van der Waals surface area contributed by atoms with Crippen molar-refractivity contribution in [1.82, 2.24) is 10.3 Å². The molecule has 2 amide bonds. The van der Waals surface area contributed by atoms with E-state index >= 15 is 0 Å². The van der Waals surface area contributed by atoms with Crippen LogP contribution in [0.25, 0.3) is 0 Å². The van der Waals surface area contributed by atoms with Crippen LogP contribution in [0.4, 0.5) is 5.82 Å². The summed E-state index contributed by atoms with van der Waals surface area (Å²) in [4.78, 5) is 28.2. The molecule has 1 unspecified atom stereocenters. The second-order valence-corrected chi connectivity index (χ2v) is 5.98. The molecule has 1 aromatic carbocycles. The van der Waals surface area contributed by atoms with Gasteiger partial charge in [-0.15, -0.1) is 0 Å². The van der Waals surface area contributed by atoms with E-state index in [1.54, 1.807) is 30.3 Å². The van der Waals surface area contributed by atoms with Crippen LogP contribution in [0.3, 0.4) is 0 Å². The predicted octanol–water partition coefficient (Wildman–Crippen LogP) is 2.63. The number of amides is 2. The molecule has 0 bridgehead atoms. The van der Waals surface area contributed by atoms with Gasteiger partial charge in [0, 0.05) is 17.7 Å². The maximum atomic E-state index is 12.4. The Morgan fingerprint density at radius 1 is 1.25 bits per heavy atom. The van der Waals surface area contributed by atoms with Crippen molar-refractivity contribution in [2.45, 2.75) is 25.8 Å². The van der Waals surface area contributed by atoms with E-state index in [1.807, 2.05) is 13.0 Å². The highest BCUT2D eigenvalue weighted by molar-refractivity contribution is 5.97. The zero-order chi connectivity index (χ0) is 17.1. The molecule has 0 aliphatic heterocycles. The third-order valence-corrected chi connectivity index (χ3v) is 3.94. The van der Waals surface area contributed by atoms with Crippen LogP contribution < -0.4 is 10.6 Å². The number of aromatic hydroxyl groups is 1. The fourth-order valence-electron chi connectivity index (χ4n) is 2.37. The second kappa shape index (κ2) is 6.70. The van der Waals surface area contributed by atoms with Crippen LogP contribution in [0, 0.1) is 5.92 Å². The Kier molecular flexibility index (Phi) is 4.46. The van der Waals surface area contributed by atoms with Crippen molar-refractivity contribution >= 4 is 17.6 Å². The normalized spacial score (nSPS) is 14.7. The third kappa shape index (κ3) is 3.90. The lowest BCUT2D eigenvalue weighted by atomic mass is 10.1. The number of carbonyl (C=O) groups excluding carboxylic acids is 2. The van der Waals surface area contributed by atoms with Crippen LogP contribution in [0.1, 0.15) is 41.7 Å². The van der Waals surface area contributed by atoms with E-state index in [2.05, 4.69) is 15.6 Å². The van der Waals surface area contributed by atoms with Crippen LogP contribution in [-0.2, 0) is 4.79 Å². The summed E-state index contributed by atoms with van der Waals surface area (Å²) in [6, 6.07) is 9.64. The van der Waals surface area contributed by atoms with Crippen LogP contribution >= 0.6 is 0 Å². The summed E-state index contributed by atoms with van der Waals surface area (Å²) < 4.78 is 0. The highest BCUT2D eigenvalue weighted by Gasteiger charge is 2.29. The van der Waals surface area contributed by atoms with Crippen molar-refractivity contribution in [3.63, 3.8) is 0 Å². The summed E-state index contributed by atoms with van der Waals surface area (Å²) in [5.74, 6) is 0.297. The molecule has 24 heavy (non-hydrogen) atoms. The van der Waals surface area contributed by atoms with Crippen molar-refractivity contribution < 1.29 is 14.7 Å². The first-order valence-electron chi connectivity index (χ1n) is 7.89. The van der Waals surface area contributed by atoms with Gasteiger partial charge < -0.3 is 15.7 Å². The summed E-state index contributed by atoms with van der Waals surface area (Å²) in [6.45, 7) is 1.84.